The van der Waals surface area contributed by atoms with Crippen LogP contribution in [-0.2, 0) is 14.8 Å². The third-order valence-electron chi connectivity index (χ3n) is 3.90. The number of carbonyl (C=O) groups excluding carboxylic acids is 1. The van der Waals surface area contributed by atoms with E-state index in [4.69, 9.17) is 16.3 Å². The summed E-state index contributed by atoms with van der Waals surface area (Å²) in [6, 6.07) is 9.46. The molecule has 0 bridgehead atoms. The molecule has 26 heavy (non-hydrogen) atoms. The maximum absolute atomic E-state index is 13.8. The average Bonchev–Trinajstić information content (AvgIpc) is 2.63. The number of halogens is 2. The summed E-state index contributed by atoms with van der Waals surface area (Å²) in [5.41, 5.74) is 0.199. The van der Waals surface area contributed by atoms with E-state index in [-0.39, 0.29) is 15.5 Å². The number of carbonyl (C=O) groups is 1. The van der Waals surface area contributed by atoms with E-state index in [1.54, 1.807) is 0 Å². The Labute approximate surface area is 155 Å². The molecule has 0 aromatic heterocycles. The molecule has 138 valence electrons. The highest BCUT2D eigenvalue weighted by atomic mass is 35.5. The van der Waals surface area contributed by atoms with Crippen molar-refractivity contribution in [2.24, 2.45) is 0 Å². The minimum absolute atomic E-state index is 0.120. The summed E-state index contributed by atoms with van der Waals surface area (Å²) in [5, 5.41) is 2.72. The maximum Gasteiger partial charge on any atom is 0.258 e. The molecule has 9 heteroatoms. The zero-order chi connectivity index (χ0) is 18.7. The van der Waals surface area contributed by atoms with Crippen LogP contribution in [0.25, 0.3) is 0 Å². The van der Waals surface area contributed by atoms with Gasteiger partial charge in [0.25, 0.3) is 5.91 Å². The molecule has 1 saturated heterocycles. The second-order valence-electron chi connectivity index (χ2n) is 5.62. The van der Waals surface area contributed by atoms with Crippen molar-refractivity contribution in [3.8, 4) is 0 Å². The fourth-order valence-electron chi connectivity index (χ4n) is 2.52. The lowest BCUT2D eigenvalue weighted by atomic mass is 10.2. The van der Waals surface area contributed by atoms with Gasteiger partial charge in [-0.15, -0.1) is 0 Å². The van der Waals surface area contributed by atoms with Gasteiger partial charge >= 0.3 is 0 Å². The van der Waals surface area contributed by atoms with Crippen LogP contribution >= 0.6 is 11.6 Å². The van der Waals surface area contributed by atoms with Crippen LogP contribution in [0.2, 0.25) is 5.02 Å². The lowest BCUT2D eigenvalue weighted by Crippen LogP contribution is -2.40. The number of ether oxygens (including phenoxy) is 1. The van der Waals surface area contributed by atoms with Crippen LogP contribution in [-0.4, -0.2) is 44.9 Å². The first kappa shape index (κ1) is 18.8. The molecule has 0 saturated carbocycles. The number of nitrogens with one attached hydrogen (secondary N) is 1. The van der Waals surface area contributed by atoms with Gasteiger partial charge in [0.05, 0.1) is 23.7 Å². The number of benzene rings is 2. The van der Waals surface area contributed by atoms with Crippen molar-refractivity contribution in [3.05, 3.63) is 58.9 Å². The molecule has 0 radical (unpaired) electrons. The van der Waals surface area contributed by atoms with Crippen molar-refractivity contribution in [1.29, 1.82) is 0 Å². The quantitative estimate of drug-likeness (QED) is 0.859. The number of morpholine rings is 1. The molecule has 6 nitrogen and oxygen atoms in total. The predicted molar refractivity (Wildman–Crippen MR) is 95.4 cm³/mol. The molecule has 2 aromatic rings. The van der Waals surface area contributed by atoms with Gasteiger partial charge in [-0.2, -0.15) is 4.31 Å². The number of hydrogen-bond donors (Lipinski definition) is 1. The summed E-state index contributed by atoms with van der Waals surface area (Å²) in [4.78, 5) is 12.3. The second kappa shape index (κ2) is 7.71. The third-order valence-corrected chi connectivity index (χ3v) is 6.04. The van der Waals surface area contributed by atoms with E-state index in [1.807, 2.05) is 0 Å². The van der Waals surface area contributed by atoms with Crippen molar-refractivity contribution >= 4 is 33.2 Å². The Morgan fingerprint density at radius 2 is 1.77 bits per heavy atom. The Kier molecular flexibility index (Phi) is 5.57. The lowest BCUT2D eigenvalue weighted by Gasteiger charge is -2.26. The van der Waals surface area contributed by atoms with Gasteiger partial charge in [-0.1, -0.05) is 11.6 Å². The predicted octanol–water partition coefficient (Wildman–Crippen LogP) is 2.75. The zero-order valence-corrected chi connectivity index (χ0v) is 15.2. The van der Waals surface area contributed by atoms with Crippen LogP contribution in [0.15, 0.2) is 47.4 Å². The fraction of sp³-hybridized carbons (Fsp3) is 0.235. The van der Waals surface area contributed by atoms with Crippen molar-refractivity contribution in [1.82, 2.24) is 4.31 Å². The summed E-state index contributed by atoms with van der Waals surface area (Å²) >= 11 is 5.67. The standard InChI is InChI=1S/C17H16ClFN2O4S/c18-12-1-6-15(16(19)11-12)17(22)20-13-2-4-14(5-3-13)26(23,24)21-7-9-25-10-8-21/h1-6,11H,7-10H2,(H,20,22). The van der Waals surface area contributed by atoms with E-state index in [0.29, 0.717) is 32.0 Å². The number of amides is 1. The maximum atomic E-state index is 13.8. The first-order chi connectivity index (χ1) is 12.4. The first-order valence-electron chi connectivity index (χ1n) is 7.82. The monoisotopic (exact) mass is 398 g/mol. The van der Waals surface area contributed by atoms with Gasteiger partial charge in [0.1, 0.15) is 5.82 Å². The molecule has 1 N–H and O–H groups in total. The van der Waals surface area contributed by atoms with Gasteiger partial charge < -0.3 is 10.1 Å². The molecule has 3 rings (SSSR count). The Morgan fingerprint density at radius 3 is 2.38 bits per heavy atom. The Bertz CT molecular complexity index is 913. The highest BCUT2D eigenvalue weighted by molar-refractivity contribution is 7.89. The first-order valence-corrected chi connectivity index (χ1v) is 9.64. The van der Waals surface area contributed by atoms with Gasteiger partial charge in [-0.3, -0.25) is 4.79 Å². The molecule has 1 amide bonds. The van der Waals surface area contributed by atoms with Crippen molar-refractivity contribution < 1.29 is 22.3 Å². The van der Waals surface area contributed by atoms with Crippen LogP contribution in [0.1, 0.15) is 10.4 Å². The molecule has 0 spiro atoms. The van der Waals surface area contributed by atoms with E-state index in [0.717, 1.165) is 6.07 Å². The highest BCUT2D eigenvalue weighted by Gasteiger charge is 2.26. The van der Waals surface area contributed by atoms with Gasteiger partial charge in [0.15, 0.2) is 0 Å². The normalized spacial score (nSPS) is 15.6. The highest BCUT2D eigenvalue weighted by Crippen LogP contribution is 2.21. The minimum atomic E-state index is -3.60. The van der Waals surface area contributed by atoms with E-state index < -0.39 is 21.7 Å². The molecule has 1 fully saturated rings. The minimum Gasteiger partial charge on any atom is -0.379 e. The summed E-state index contributed by atoms with van der Waals surface area (Å²) < 4.78 is 45.4. The van der Waals surface area contributed by atoms with E-state index in [9.17, 15) is 17.6 Å². The van der Waals surface area contributed by atoms with Crippen molar-refractivity contribution in [2.45, 2.75) is 4.90 Å². The Morgan fingerprint density at radius 1 is 1.12 bits per heavy atom. The van der Waals surface area contributed by atoms with E-state index in [1.165, 1.54) is 40.7 Å². The Balaban J connectivity index is 1.74. The van der Waals surface area contributed by atoms with E-state index >= 15 is 0 Å². The lowest BCUT2D eigenvalue weighted by molar-refractivity contribution is 0.0730. The SMILES string of the molecule is O=C(Nc1ccc(S(=O)(=O)N2CCOCC2)cc1)c1ccc(Cl)cc1F. The molecular formula is C17H16ClFN2O4S. The molecule has 0 atom stereocenters. The number of hydrogen-bond acceptors (Lipinski definition) is 4. The van der Waals surface area contributed by atoms with Gasteiger partial charge in [-0.05, 0) is 42.5 Å². The van der Waals surface area contributed by atoms with Crippen LogP contribution in [0, 0.1) is 5.82 Å². The van der Waals surface area contributed by atoms with Gasteiger partial charge in [0.2, 0.25) is 10.0 Å². The molecule has 1 aliphatic heterocycles. The number of rotatable bonds is 4. The largest absolute Gasteiger partial charge is 0.379 e. The van der Waals surface area contributed by atoms with Crippen LogP contribution < -0.4 is 5.32 Å². The summed E-state index contributed by atoms with van der Waals surface area (Å²) in [6.45, 7) is 1.33. The molecule has 1 heterocycles. The van der Waals surface area contributed by atoms with Gasteiger partial charge in [0, 0.05) is 23.8 Å². The molecular weight excluding hydrogens is 383 g/mol. The smallest absolute Gasteiger partial charge is 0.258 e. The number of nitrogens with zero attached hydrogens (tertiary/aromatic N) is 1. The van der Waals surface area contributed by atoms with Crippen LogP contribution in [0.5, 0.6) is 0 Å². The average molecular weight is 399 g/mol. The van der Waals surface area contributed by atoms with Crippen LogP contribution in [0.4, 0.5) is 10.1 Å². The third kappa shape index (κ3) is 4.04. The van der Waals surface area contributed by atoms with Crippen LogP contribution in [0.3, 0.4) is 0 Å². The molecule has 0 unspecified atom stereocenters. The summed E-state index contributed by atoms with van der Waals surface area (Å²) in [6.07, 6.45) is 0. The molecule has 2 aromatic carbocycles. The second-order valence-corrected chi connectivity index (χ2v) is 7.99. The molecule has 1 aliphatic rings. The van der Waals surface area contributed by atoms with E-state index in [2.05, 4.69) is 5.32 Å². The summed E-state index contributed by atoms with van der Waals surface area (Å²) in [7, 11) is -3.60. The van der Waals surface area contributed by atoms with Crippen molar-refractivity contribution in [3.63, 3.8) is 0 Å². The van der Waals surface area contributed by atoms with Gasteiger partial charge in [-0.25, -0.2) is 12.8 Å². The summed E-state index contributed by atoms with van der Waals surface area (Å²) in [5.74, 6) is -1.38. The number of anilines is 1. The molecule has 0 aliphatic carbocycles. The van der Waals surface area contributed by atoms with Crippen molar-refractivity contribution in [2.75, 3.05) is 31.6 Å². The topological polar surface area (TPSA) is 75.7 Å². The zero-order valence-electron chi connectivity index (χ0n) is 13.6. The Hall–Kier alpha value is -2.00. The number of sulfonamides is 1. The fourth-order valence-corrected chi connectivity index (χ4v) is 4.09.